The highest BCUT2D eigenvalue weighted by Gasteiger charge is 2.42. The summed E-state index contributed by atoms with van der Waals surface area (Å²) in [5.41, 5.74) is 8.31. The smallest absolute Gasteiger partial charge is 0.246 e. The van der Waals surface area contributed by atoms with Crippen molar-refractivity contribution >= 4 is 23.4 Å². The predicted molar refractivity (Wildman–Crippen MR) is 118 cm³/mol. The monoisotopic (exact) mass is 425 g/mol. The summed E-state index contributed by atoms with van der Waals surface area (Å²) in [6.07, 6.45) is 3.94. The number of carbonyl (C=O) groups is 2. The third-order valence-corrected chi connectivity index (χ3v) is 6.93. The van der Waals surface area contributed by atoms with E-state index in [1.54, 1.807) is 4.90 Å². The predicted octanol–water partition coefficient (Wildman–Crippen LogP) is 3.05. The average molecular weight is 426 g/mol. The SMILES string of the molecule is NCC1(c2cccc(Cl)c2)CCC(N2CC(=O)N[C@H](Cc3ccccc3)C2=O)CC1. The Balaban J connectivity index is 1.46. The molecule has 1 aliphatic heterocycles. The number of hydrogen-bond acceptors (Lipinski definition) is 3. The molecule has 3 N–H and O–H groups in total. The molecule has 5 nitrogen and oxygen atoms in total. The van der Waals surface area contributed by atoms with Gasteiger partial charge in [0.05, 0.1) is 6.54 Å². The van der Waals surface area contributed by atoms with Crippen LogP contribution in [-0.4, -0.2) is 41.9 Å². The van der Waals surface area contributed by atoms with Crippen molar-refractivity contribution < 1.29 is 9.59 Å². The summed E-state index contributed by atoms with van der Waals surface area (Å²) in [4.78, 5) is 27.4. The Morgan fingerprint density at radius 3 is 2.47 bits per heavy atom. The molecule has 6 heteroatoms. The van der Waals surface area contributed by atoms with Crippen LogP contribution in [0.1, 0.15) is 36.8 Å². The van der Waals surface area contributed by atoms with E-state index in [-0.39, 0.29) is 29.8 Å². The van der Waals surface area contributed by atoms with E-state index in [1.807, 2.05) is 48.5 Å². The van der Waals surface area contributed by atoms with Crippen molar-refractivity contribution in [1.82, 2.24) is 10.2 Å². The van der Waals surface area contributed by atoms with Gasteiger partial charge >= 0.3 is 0 Å². The number of nitrogens with one attached hydrogen (secondary N) is 1. The summed E-state index contributed by atoms with van der Waals surface area (Å²) in [6, 6.07) is 17.3. The van der Waals surface area contributed by atoms with Gasteiger partial charge in [0.15, 0.2) is 0 Å². The minimum absolute atomic E-state index is 0.0199. The van der Waals surface area contributed by atoms with Gasteiger partial charge in [-0.1, -0.05) is 54.1 Å². The largest absolute Gasteiger partial charge is 0.342 e. The summed E-state index contributed by atoms with van der Waals surface area (Å²) in [6.45, 7) is 0.687. The van der Waals surface area contributed by atoms with E-state index in [1.165, 1.54) is 5.56 Å². The van der Waals surface area contributed by atoms with Gasteiger partial charge in [-0.2, -0.15) is 0 Å². The van der Waals surface area contributed by atoms with E-state index in [4.69, 9.17) is 17.3 Å². The van der Waals surface area contributed by atoms with Crippen molar-refractivity contribution in [3.05, 3.63) is 70.7 Å². The van der Waals surface area contributed by atoms with Crippen LogP contribution in [0.15, 0.2) is 54.6 Å². The van der Waals surface area contributed by atoms with Crippen molar-refractivity contribution in [2.24, 2.45) is 5.73 Å². The van der Waals surface area contributed by atoms with Crippen molar-refractivity contribution in [3.63, 3.8) is 0 Å². The second-order valence-electron chi connectivity index (χ2n) is 8.50. The molecule has 2 aliphatic rings. The number of carbonyl (C=O) groups excluding carboxylic acids is 2. The highest BCUT2D eigenvalue weighted by atomic mass is 35.5. The first kappa shape index (κ1) is 20.9. The first-order valence-electron chi connectivity index (χ1n) is 10.6. The van der Waals surface area contributed by atoms with E-state index < -0.39 is 6.04 Å². The molecule has 1 atom stereocenters. The number of nitrogens with zero attached hydrogens (tertiary/aromatic N) is 1. The van der Waals surface area contributed by atoms with Gasteiger partial charge in [0.1, 0.15) is 6.04 Å². The third kappa shape index (κ3) is 4.23. The quantitative estimate of drug-likeness (QED) is 0.773. The molecule has 0 unspecified atom stereocenters. The Kier molecular flexibility index (Phi) is 6.11. The molecule has 0 bridgehead atoms. The molecular weight excluding hydrogens is 398 g/mol. The minimum atomic E-state index is -0.497. The summed E-state index contributed by atoms with van der Waals surface area (Å²) in [7, 11) is 0. The fourth-order valence-electron chi connectivity index (χ4n) is 4.93. The molecule has 2 fully saturated rings. The summed E-state index contributed by atoms with van der Waals surface area (Å²) < 4.78 is 0. The molecule has 1 saturated heterocycles. The molecule has 1 saturated carbocycles. The summed E-state index contributed by atoms with van der Waals surface area (Å²) in [5.74, 6) is -0.0625. The van der Waals surface area contributed by atoms with E-state index in [2.05, 4.69) is 11.4 Å². The van der Waals surface area contributed by atoms with Crippen LogP contribution in [0.25, 0.3) is 0 Å². The zero-order valence-corrected chi connectivity index (χ0v) is 17.8. The molecule has 2 amide bonds. The highest BCUT2D eigenvalue weighted by molar-refractivity contribution is 6.30. The van der Waals surface area contributed by atoms with Crippen LogP contribution in [-0.2, 0) is 21.4 Å². The van der Waals surface area contributed by atoms with Gasteiger partial charge in [-0.05, 0) is 48.9 Å². The fraction of sp³-hybridized carbons (Fsp3) is 0.417. The number of nitrogens with two attached hydrogens (primary N) is 1. The molecule has 158 valence electrons. The van der Waals surface area contributed by atoms with Gasteiger partial charge in [-0.15, -0.1) is 0 Å². The molecular formula is C24H28ClN3O2. The normalized spacial score (nSPS) is 27.1. The standard InChI is InChI=1S/C24H28ClN3O2/c25-19-8-4-7-18(14-19)24(16-26)11-9-20(10-12-24)28-15-22(29)27-21(23(28)30)13-17-5-2-1-3-6-17/h1-8,14,20-21H,9-13,15-16,26H2,(H,27,29)/t20?,21-,24?/m1/s1. The number of rotatable bonds is 5. The first-order chi connectivity index (χ1) is 14.5. The summed E-state index contributed by atoms with van der Waals surface area (Å²) in [5, 5.41) is 3.60. The molecule has 1 aliphatic carbocycles. The molecule has 0 radical (unpaired) electrons. The molecule has 4 rings (SSSR count). The van der Waals surface area contributed by atoms with Gasteiger partial charge in [0, 0.05) is 29.4 Å². The second kappa shape index (κ2) is 8.78. The lowest BCUT2D eigenvalue weighted by atomic mass is 9.68. The molecule has 0 aromatic heterocycles. The Labute approximate surface area is 182 Å². The van der Waals surface area contributed by atoms with Crippen LogP contribution in [0.3, 0.4) is 0 Å². The van der Waals surface area contributed by atoms with Crippen LogP contribution in [0, 0.1) is 0 Å². The molecule has 2 aromatic rings. The van der Waals surface area contributed by atoms with Gasteiger partial charge in [0.25, 0.3) is 0 Å². The van der Waals surface area contributed by atoms with E-state index >= 15 is 0 Å². The minimum Gasteiger partial charge on any atom is -0.342 e. The zero-order chi connectivity index (χ0) is 21.1. The van der Waals surface area contributed by atoms with E-state index in [9.17, 15) is 9.59 Å². The Morgan fingerprint density at radius 1 is 1.07 bits per heavy atom. The average Bonchev–Trinajstić information content (AvgIpc) is 2.77. The van der Waals surface area contributed by atoms with Gasteiger partial charge in [-0.25, -0.2) is 0 Å². The molecule has 1 heterocycles. The lowest BCUT2D eigenvalue weighted by Gasteiger charge is -2.45. The van der Waals surface area contributed by atoms with Crippen LogP contribution in [0.2, 0.25) is 5.02 Å². The maximum atomic E-state index is 13.2. The number of benzene rings is 2. The Bertz CT molecular complexity index is 910. The number of hydrogen-bond donors (Lipinski definition) is 2. The van der Waals surface area contributed by atoms with Gasteiger partial charge in [0.2, 0.25) is 11.8 Å². The number of amides is 2. The lowest BCUT2D eigenvalue weighted by molar-refractivity contribution is -0.147. The van der Waals surface area contributed by atoms with Crippen molar-refractivity contribution in [2.45, 2.75) is 49.6 Å². The first-order valence-corrected chi connectivity index (χ1v) is 11.0. The third-order valence-electron chi connectivity index (χ3n) is 6.69. The van der Waals surface area contributed by atoms with Crippen LogP contribution in [0.4, 0.5) is 0 Å². The highest BCUT2D eigenvalue weighted by Crippen LogP contribution is 2.41. The van der Waals surface area contributed by atoms with Gasteiger partial charge in [-0.3, -0.25) is 9.59 Å². The maximum absolute atomic E-state index is 13.2. The summed E-state index contributed by atoms with van der Waals surface area (Å²) >= 11 is 6.21. The van der Waals surface area contributed by atoms with E-state index in [0.717, 1.165) is 31.2 Å². The van der Waals surface area contributed by atoms with E-state index in [0.29, 0.717) is 18.0 Å². The van der Waals surface area contributed by atoms with Crippen LogP contribution >= 0.6 is 11.6 Å². The van der Waals surface area contributed by atoms with Crippen LogP contribution < -0.4 is 11.1 Å². The Morgan fingerprint density at radius 2 is 1.80 bits per heavy atom. The molecule has 0 spiro atoms. The zero-order valence-electron chi connectivity index (χ0n) is 17.0. The second-order valence-corrected chi connectivity index (χ2v) is 8.94. The molecule has 2 aromatic carbocycles. The van der Waals surface area contributed by atoms with Crippen molar-refractivity contribution in [3.8, 4) is 0 Å². The van der Waals surface area contributed by atoms with Crippen molar-refractivity contribution in [2.75, 3.05) is 13.1 Å². The number of halogens is 1. The Hall–Kier alpha value is -2.37. The van der Waals surface area contributed by atoms with Gasteiger partial charge < -0.3 is 16.0 Å². The lowest BCUT2D eigenvalue weighted by Crippen LogP contribution is -2.62. The van der Waals surface area contributed by atoms with Crippen molar-refractivity contribution in [1.29, 1.82) is 0 Å². The maximum Gasteiger partial charge on any atom is 0.246 e. The molecule has 30 heavy (non-hydrogen) atoms. The fourth-order valence-corrected chi connectivity index (χ4v) is 5.12. The topological polar surface area (TPSA) is 75.4 Å². The van der Waals surface area contributed by atoms with Crippen LogP contribution in [0.5, 0.6) is 0 Å². The number of piperazine rings is 1.